The Hall–Kier alpha value is -1.43. The van der Waals surface area contributed by atoms with E-state index in [9.17, 15) is 8.42 Å². The number of halogens is 1. The summed E-state index contributed by atoms with van der Waals surface area (Å²) in [5, 5.41) is 0.159. The van der Waals surface area contributed by atoms with Gasteiger partial charge < -0.3 is 0 Å². The van der Waals surface area contributed by atoms with E-state index >= 15 is 0 Å². The Morgan fingerprint density at radius 1 is 1.25 bits per heavy atom. The second kappa shape index (κ2) is 6.35. The van der Waals surface area contributed by atoms with E-state index in [0.29, 0.717) is 13.0 Å². The normalized spacial score (nSPS) is 11.5. The van der Waals surface area contributed by atoms with Crippen molar-refractivity contribution in [3.63, 3.8) is 0 Å². The van der Waals surface area contributed by atoms with Crippen LogP contribution in [0.2, 0.25) is 5.15 Å². The van der Waals surface area contributed by atoms with Crippen molar-refractivity contribution in [3.05, 3.63) is 58.9 Å². The Bertz CT molecular complexity index is 702. The number of rotatable bonds is 5. The van der Waals surface area contributed by atoms with Gasteiger partial charge in [-0.05, 0) is 36.6 Å². The summed E-state index contributed by atoms with van der Waals surface area (Å²) in [6.45, 7) is 2.35. The molecule has 1 heterocycles. The quantitative estimate of drug-likeness (QED) is 0.863. The van der Waals surface area contributed by atoms with Gasteiger partial charge in [-0.3, -0.25) is 0 Å². The van der Waals surface area contributed by atoms with Gasteiger partial charge in [-0.15, -0.1) is 0 Å². The maximum atomic E-state index is 12.1. The van der Waals surface area contributed by atoms with Gasteiger partial charge in [0.15, 0.2) is 0 Å². The summed E-state index contributed by atoms with van der Waals surface area (Å²) in [7, 11) is -3.54. The van der Waals surface area contributed by atoms with Crippen LogP contribution in [0.5, 0.6) is 0 Å². The van der Waals surface area contributed by atoms with E-state index in [-0.39, 0.29) is 10.0 Å². The number of sulfonamides is 1. The first-order valence-corrected chi connectivity index (χ1v) is 8.01. The summed E-state index contributed by atoms with van der Waals surface area (Å²) in [5.41, 5.74) is 2.28. The molecule has 0 fully saturated rings. The first kappa shape index (κ1) is 15.0. The Morgan fingerprint density at radius 2 is 2.00 bits per heavy atom. The van der Waals surface area contributed by atoms with Gasteiger partial charge in [-0.1, -0.05) is 35.9 Å². The average molecular weight is 311 g/mol. The standard InChI is InChI=1S/C14H15ClN2O2S/c1-11-4-2-3-5-12(11)6-9-17-20(18,19)13-7-8-16-14(15)10-13/h2-5,7-8,10,17H,6,9H2,1H3. The van der Waals surface area contributed by atoms with E-state index in [0.717, 1.165) is 11.1 Å². The lowest BCUT2D eigenvalue weighted by Crippen LogP contribution is -2.26. The molecule has 1 aromatic carbocycles. The highest BCUT2D eigenvalue weighted by Crippen LogP contribution is 2.13. The molecule has 0 saturated heterocycles. The molecule has 1 aromatic heterocycles. The first-order chi connectivity index (χ1) is 9.49. The molecule has 1 N–H and O–H groups in total. The van der Waals surface area contributed by atoms with Crippen LogP contribution in [-0.2, 0) is 16.4 Å². The number of pyridine rings is 1. The highest BCUT2D eigenvalue weighted by atomic mass is 35.5. The van der Waals surface area contributed by atoms with E-state index in [1.807, 2.05) is 31.2 Å². The second-order valence-corrected chi connectivity index (χ2v) is 6.54. The van der Waals surface area contributed by atoms with Crippen molar-refractivity contribution in [1.82, 2.24) is 9.71 Å². The van der Waals surface area contributed by atoms with Crippen LogP contribution in [-0.4, -0.2) is 19.9 Å². The molecule has 2 aromatic rings. The second-order valence-electron chi connectivity index (χ2n) is 4.39. The van der Waals surface area contributed by atoms with Crippen LogP contribution < -0.4 is 4.72 Å². The molecule has 0 saturated carbocycles. The van der Waals surface area contributed by atoms with Gasteiger partial charge in [0.05, 0.1) is 4.90 Å². The summed E-state index contributed by atoms with van der Waals surface area (Å²) < 4.78 is 26.7. The van der Waals surface area contributed by atoms with Gasteiger partial charge >= 0.3 is 0 Å². The molecule has 0 aliphatic rings. The average Bonchev–Trinajstić information content (AvgIpc) is 2.41. The van der Waals surface area contributed by atoms with E-state index in [1.165, 1.54) is 18.3 Å². The molecular weight excluding hydrogens is 296 g/mol. The summed E-state index contributed by atoms with van der Waals surface area (Å²) in [6.07, 6.45) is 2.02. The van der Waals surface area contributed by atoms with E-state index in [1.54, 1.807) is 0 Å². The van der Waals surface area contributed by atoms with Crippen molar-refractivity contribution >= 4 is 21.6 Å². The van der Waals surface area contributed by atoms with Crippen LogP contribution in [0.3, 0.4) is 0 Å². The van der Waals surface area contributed by atoms with E-state index < -0.39 is 10.0 Å². The number of nitrogens with zero attached hydrogens (tertiary/aromatic N) is 1. The van der Waals surface area contributed by atoms with Gasteiger partial charge in [0.2, 0.25) is 10.0 Å². The molecule has 0 aliphatic carbocycles. The van der Waals surface area contributed by atoms with Gasteiger partial charge in [0.25, 0.3) is 0 Å². The molecular formula is C14H15ClN2O2S. The molecule has 0 aliphatic heterocycles. The Balaban J connectivity index is 2.02. The fourth-order valence-corrected chi connectivity index (χ4v) is 3.13. The van der Waals surface area contributed by atoms with Gasteiger partial charge in [0, 0.05) is 12.7 Å². The molecule has 0 spiro atoms. The van der Waals surface area contributed by atoms with Crippen LogP contribution in [0.4, 0.5) is 0 Å². The smallest absolute Gasteiger partial charge is 0.240 e. The molecule has 2 rings (SSSR count). The van der Waals surface area contributed by atoms with Crippen molar-refractivity contribution in [2.24, 2.45) is 0 Å². The van der Waals surface area contributed by atoms with Crippen LogP contribution in [0, 0.1) is 6.92 Å². The Kier molecular flexibility index (Phi) is 4.75. The molecule has 106 valence electrons. The zero-order valence-electron chi connectivity index (χ0n) is 11.0. The highest BCUT2D eigenvalue weighted by Gasteiger charge is 2.14. The fourth-order valence-electron chi connectivity index (χ4n) is 1.85. The third-order valence-corrected chi connectivity index (χ3v) is 4.62. The van der Waals surface area contributed by atoms with Crippen molar-refractivity contribution in [1.29, 1.82) is 0 Å². The SMILES string of the molecule is Cc1ccccc1CCNS(=O)(=O)c1ccnc(Cl)c1. The number of benzene rings is 1. The molecule has 0 amide bonds. The van der Waals surface area contributed by atoms with Gasteiger partial charge in [-0.2, -0.15) is 0 Å². The highest BCUT2D eigenvalue weighted by molar-refractivity contribution is 7.89. The number of hydrogen-bond donors (Lipinski definition) is 1. The van der Waals surface area contributed by atoms with Crippen molar-refractivity contribution < 1.29 is 8.42 Å². The predicted octanol–water partition coefficient (Wildman–Crippen LogP) is 2.56. The molecule has 6 heteroatoms. The number of aromatic nitrogens is 1. The minimum Gasteiger partial charge on any atom is -0.244 e. The van der Waals surface area contributed by atoms with Crippen LogP contribution in [0.15, 0.2) is 47.5 Å². The number of nitrogens with one attached hydrogen (secondary N) is 1. The molecule has 0 unspecified atom stereocenters. The van der Waals surface area contributed by atoms with Crippen LogP contribution in [0.1, 0.15) is 11.1 Å². The minimum atomic E-state index is -3.54. The Labute approximate surface area is 123 Å². The summed E-state index contributed by atoms with van der Waals surface area (Å²) in [4.78, 5) is 3.89. The van der Waals surface area contributed by atoms with Crippen molar-refractivity contribution in [2.45, 2.75) is 18.2 Å². The van der Waals surface area contributed by atoms with Crippen molar-refractivity contribution in [3.8, 4) is 0 Å². The largest absolute Gasteiger partial charge is 0.244 e. The molecule has 0 bridgehead atoms. The summed E-state index contributed by atoms with van der Waals surface area (Å²) in [6, 6.07) is 10.7. The number of aryl methyl sites for hydroxylation is 1. The first-order valence-electron chi connectivity index (χ1n) is 6.15. The summed E-state index contributed by atoms with van der Waals surface area (Å²) >= 11 is 5.70. The lowest BCUT2D eigenvalue weighted by Gasteiger charge is -2.08. The molecule has 0 atom stereocenters. The van der Waals surface area contributed by atoms with Crippen LogP contribution in [0.25, 0.3) is 0 Å². The topological polar surface area (TPSA) is 59.1 Å². The Morgan fingerprint density at radius 3 is 2.70 bits per heavy atom. The monoisotopic (exact) mass is 310 g/mol. The third-order valence-electron chi connectivity index (χ3n) is 2.96. The molecule has 0 radical (unpaired) electrons. The lowest BCUT2D eigenvalue weighted by atomic mass is 10.1. The number of hydrogen-bond acceptors (Lipinski definition) is 3. The fraction of sp³-hybridized carbons (Fsp3) is 0.214. The minimum absolute atomic E-state index is 0.127. The maximum Gasteiger partial charge on any atom is 0.240 e. The maximum absolute atomic E-state index is 12.1. The lowest BCUT2D eigenvalue weighted by molar-refractivity contribution is 0.581. The summed E-state index contributed by atoms with van der Waals surface area (Å²) in [5.74, 6) is 0. The van der Waals surface area contributed by atoms with Crippen molar-refractivity contribution in [2.75, 3.05) is 6.54 Å². The van der Waals surface area contributed by atoms with E-state index in [4.69, 9.17) is 11.6 Å². The zero-order chi connectivity index (χ0) is 14.6. The predicted molar refractivity (Wildman–Crippen MR) is 79.3 cm³/mol. The van der Waals surface area contributed by atoms with Gasteiger partial charge in [0.1, 0.15) is 5.15 Å². The third kappa shape index (κ3) is 3.79. The van der Waals surface area contributed by atoms with Gasteiger partial charge in [-0.25, -0.2) is 18.1 Å². The molecule has 20 heavy (non-hydrogen) atoms. The zero-order valence-corrected chi connectivity index (χ0v) is 12.6. The van der Waals surface area contributed by atoms with E-state index in [2.05, 4.69) is 9.71 Å². The van der Waals surface area contributed by atoms with Crippen LogP contribution >= 0.6 is 11.6 Å². The molecule has 4 nitrogen and oxygen atoms in total.